The molecule has 0 saturated heterocycles. The van der Waals surface area contributed by atoms with Crippen molar-refractivity contribution in [2.24, 2.45) is 5.92 Å². The van der Waals surface area contributed by atoms with E-state index in [-0.39, 0.29) is 11.9 Å². The number of nitrogens with zero attached hydrogens (tertiary/aromatic N) is 1. The van der Waals surface area contributed by atoms with E-state index in [1.54, 1.807) is 0 Å². The Kier molecular flexibility index (Phi) is 4.56. The Morgan fingerprint density at radius 3 is 2.68 bits per heavy atom. The summed E-state index contributed by atoms with van der Waals surface area (Å²) in [6.07, 6.45) is 17.9. The molecule has 116 valence electrons. The molecule has 1 heterocycles. The van der Waals surface area contributed by atoms with Crippen molar-refractivity contribution in [1.82, 2.24) is 15.5 Å². The molecule has 1 fully saturated rings. The van der Waals surface area contributed by atoms with Crippen molar-refractivity contribution in [2.75, 3.05) is 0 Å². The van der Waals surface area contributed by atoms with Crippen LogP contribution < -0.4 is 5.32 Å². The maximum atomic E-state index is 12.6. The topological polar surface area (TPSA) is 57.8 Å². The van der Waals surface area contributed by atoms with Gasteiger partial charge in [0.2, 0.25) is 0 Å². The molecule has 22 heavy (non-hydrogen) atoms. The van der Waals surface area contributed by atoms with E-state index in [9.17, 15) is 4.79 Å². The smallest absolute Gasteiger partial charge is 0.272 e. The molecule has 0 unspecified atom stereocenters. The summed E-state index contributed by atoms with van der Waals surface area (Å²) < 4.78 is 0. The highest BCUT2D eigenvalue weighted by atomic mass is 16.2. The van der Waals surface area contributed by atoms with Gasteiger partial charge in [0.25, 0.3) is 5.91 Å². The number of aromatic amines is 1. The second kappa shape index (κ2) is 6.77. The van der Waals surface area contributed by atoms with Gasteiger partial charge < -0.3 is 5.32 Å². The van der Waals surface area contributed by atoms with Crippen LogP contribution in [-0.4, -0.2) is 22.1 Å². The number of fused-ring (bicyclic) bond motifs is 1. The van der Waals surface area contributed by atoms with E-state index in [0.717, 1.165) is 11.3 Å². The predicted octanol–water partition coefficient (Wildman–Crippen LogP) is 3.70. The van der Waals surface area contributed by atoms with Crippen LogP contribution in [0, 0.1) is 5.92 Å². The Morgan fingerprint density at radius 2 is 1.91 bits per heavy atom. The summed E-state index contributed by atoms with van der Waals surface area (Å²) in [6, 6.07) is 0.202. The van der Waals surface area contributed by atoms with E-state index in [0.29, 0.717) is 11.6 Å². The number of carbonyl (C=O) groups excluding carboxylic acids is 1. The van der Waals surface area contributed by atoms with Gasteiger partial charge in [-0.3, -0.25) is 9.89 Å². The standard InChI is InChI=1S/C18H23N3O/c1-13(14-9-5-4-6-10-14)19-18(22)17-15-11-7-2-3-8-12-16(15)20-21-17/h2-3,7-8,11-14H,4-6,9-10H2,1H3,(H,19,22)(H,20,21)/t13-/m0/s1. The number of allylic oxidation sites excluding steroid dienone is 4. The Hall–Kier alpha value is -2.10. The summed E-state index contributed by atoms with van der Waals surface area (Å²) in [5.74, 6) is 0.509. The first-order valence-electron chi connectivity index (χ1n) is 8.16. The van der Waals surface area contributed by atoms with Crippen molar-refractivity contribution in [3.05, 3.63) is 41.3 Å². The minimum absolute atomic E-state index is 0.0850. The van der Waals surface area contributed by atoms with Gasteiger partial charge >= 0.3 is 0 Å². The average Bonchev–Trinajstić information content (AvgIpc) is 2.90. The third-order valence-corrected chi connectivity index (χ3v) is 4.62. The molecule has 2 N–H and O–H groups in total. The van der Waals surface area contributed by atoms with E-state index in [2.05, 4.69) is 22.4 Å². The van der Waals surface area contributed by atoms with Crippen LogP contribution in [0.3, 0.4) is 0 Å². The van der Waals surface area contributed by atoms with Gasteiger partial charge in [-0.2, -0.15) is 5.10 Å². The molecule has 2 aliphatic rings. The number of carbonyl (C=O) groups is 1. The van der Waals surface area contributed by atoms with Gasteiger partial charge in [-0.25, -0.2) is 0 Å². The third-order valence-electron chi connectivity index (χ3n) is 4.62. The monoisotopic (exact) mass is 297 g/mol. The van der Waals surface area contributed by atoms with Crippen LogP contribution in [0.2, 0.25) is 0 Å². The normalized spacial score (nSPS) is 23.7. The van der Waals surface area contributed by atoms with Gasteiger partial charge in [-0.05, 0) is 31.8 Å². The SMILES string of the molecule is C[C@H](NC(=O)c1n[nH]c2c1\C=C/C=C\C=C/2)C1CCCCC1. The Bertz CT molecular complexity index is 618. The first-order valence-corrected chi connectivity index (χ1v) is 8.16. The molecule has 3 rings (SSSR count). The second-order valence-electron chi connectivity index (χ2n) is 6.16. The fraction of sp³-hybridized carbons (Fsp3) is 0.444. The molecular formula is C18H23N3O. The summed E-state index contributed by atoms with van der Waals surface area (Å²) in [4.78, 5) is 12.6. The summed E-state index contributed by atoms with van der Waals surface area (Å²) >= 11 is 0. The Balaban J connectivity index is 1.73. The van der Waals surface area contributed by atoms with Crippen LogP contribution in [0.25, 0.3) is 12.2 Å². The third kappa shape index (κ3) is 3.21. The number of hydrogen-bond donors (Lipinski definition) is 2. The molecule has 0 aliphatic heterocycles. The van der Waals surface area contributed by atoms with Gasteiger partial charge in [-0.15, -0.1) is 0 Å². The van der Waals surface area contributed by atoms with Gasteiger partial charge in [0.05, 0.1) is 5.69 Å². The number of amides is 1. The fourth-order valence-corrected chi connectivity index (χ4v) is 3.29. The van der Waals surface area contributed by atoms with E-state index in [1.165, 1.54) is 32.1 Å². The first kappa shape index (κ1) is 14.8. The van der Waals surface area contributed by atoms with E-state index in [1.807, 2.05) is 36.5 Å². The van der Waals surface area contributed by atoms with Crippen molar-refractivity contribution < 1.29 is 4.79 Å². The fourth-order valence-electron chi connectivity index (χ4n) is 3.29. The van der Waals surface area contributed by atoms with Crippen molar-refractivity contribution in [3.8, 4) is 0 Å². The maximum Gasteiger partial charge on any atom is 0.272 e. The first-order chi connectivity index (χ1) is 10.8. The molecule has 1 aromatic rings. The molecule has 2 aliphatic carbocycles. The molecule has 1 saturated carbocycles. The highest BCUT2D eigenvalue weighted by Crippen LogP contribution is 2.26. The van der Waals surface area contributed by atoms with Crippen LogP contribution in [-0.2, 0) is 0 Å². The number of aromatic nitrogens is 2. The molecule has 0 bridgehead atoms. The predicted molar refractivity (Wildman–Crippen MR) is 89.3 cm³/mol. The lowest BCUT2D eigenvalue weighted by Crippen LogP contribution is -2.39. The Labute approximate surface area is 131 Å². The van der Waals surface area contributed by atoms with Crippen LogP contribution in [0.5, 0.6) is 0 Å². The zero-order valence-corrected chi connectivity index (χ0v) is 13.0. The zero-order chi connectivity index (χ0) is 15.4. The van der Waals surface area contributed by atoms with Crippen LogP contribution in [0.4, 0.5) is 0 Å². The molecule has 1 aromatic heterocycles. The number of hydrogen-bond acceptors (Lipinski definition) is 2. The van der Waals surface area contributed by atoms with Crippen LogP contribution >= 0.6 is 0 Å². The van der Waals surface area contributed by atoms with Crippen molar-refractivity contribution in [1.29, 1.82) is 0 Å². The Morgan fingerprint density at radius 1 is 1.18 bits per heavy atom. The van der Waals surface area contributed by atoms with Crippen LogP contribution in [0.1, 0.15) is 60.8 Å². The minimum atomic E-state index is -0.0850. The van der Waals surface area contributed by atoms with Crippen LogP contribution in [0.15, 0.2) is 24.3 Å². The van der Waals surface area contributed by atoms with Gasteiger partial charge in [0.15, 0.2) is 5.69 Å². The number of rotatable bonds is 3. The summed E-state index contributed by atoms with van der Waals surface area (Å²) in [5.41, 5.74) is 2.21. The second-order valence-corrected chi connectivity index (χ2v) is 6.16. The zero-order valence-electron chi connectivity index (χ0n) is 13.0. The molecule has 0 radical (unpaired) electrons. The lowest BCUT2D eigenvalue weighted by atomic mass is 9.84. The molecule has 4 nitrogen and oxygen atoms in total. The number of H-pyrrole nitrogens is 1. The summed E-state index contributed by atoms with van der Waals surface area (Å²) in [6.45, 7) is 2.11. The molecule has 0 aromatic carbocycles. The average molecular weight is 297 g/mol. The van der Waals surface area contributed by atoms with Gasteiger partial charge in [-0.1, -0.05) is 49.6 Å². The lowest BCUT2D eigenvalue weighted by molar-refractivity contribution is 0.0914. The minimum Gasteiger partial charge on any atom is -0.348 e. The summed E-state index contributed by atoms with van der Waals surface area (Å²) in [5, 5.41) is 10.3. The number of nitrogens with one attached hydrogen (secondary N) is 2. The van der Waals surface area contributed by atoms with E-state index >= 15 is 0 Å². The highest BCUT2D eigenvalue weighted by Gasteiger charge is 2.24. The van der Waals surface area contributed by atoms with E-state index in [4.69, 9.17) is 0 Å². The quantitative estimate of drug-likeness (QED) is 0.893. The van der Waals surface area contributed by atoms with Crippen molar-refractivity contribution in [2.45, 2.75) is 45.1 Å². The molecule has 4 heteroatoms. The maximum absolute atomic E-state index is 12.6. The molecule has 1 atom stereocenters. The van der Waals surface area contributed by atoms with Crippen molar-refractivity contribution in [3.63, 3.8) is 0 Å². The van der Waals surface area contributed by atoms with E-state index < -0.39 is 0 Å². The molecule has 1 amide bonds. The van der Waals surface area contributed by atoms with Gasteiger partial charge in [0.1, 0.15) is 0 Å². The lowest BCUT2D eigenvalue weighted by Gasteiger charge is -2.28. The van der Waals surface area contributed by atoms with Gasteiger partial charge in [0, 0.05) is 11.6 Å². The van der Waals surface area contributed by atoms with Crippen molar-refractivity contribution >= 4 is 18.1 Å². The molecule has 0 spiro atoms. The molecular weight excluding hydrogens is 274 g/mol. The summed E-state index contributed by atoms with van der Waals surface area (Å²) in [7, 11) is 0. The largest absolute Gasteiger partial charge is 0.348 e. The highest BCUT2D eigenvalue weighted by molar-refractivity contribution is 5.97.